The molecule has 10 heteroatoms. The maximum atomic E-state index is 12.5. The number of alkyl halides is 3. The molecule has 116 valence electrons. The largest absolute Gasteiger partial charge is 0.478 e. The van der Waals surface area contributed by atoms with E-state index in [2.05, 4.69) is 4.72 Å². The maximum Gasteiger partial charge on any atom is 0.416 e. The molecule has 0 spiro atoms. The Morgan fingerprint density at radius 1 is 1.29 bits per heavy atom. The summed E-state index contributed by atoms with van der Waals surface area (Å²) in [6.45, 7) is 0. The van der Waals surface area contributed by atoms with Gasteiger partial charge in [0.05, 0.1) is 16.8 Å². The summed E-state index contributed by atoms with van der Waals surface area (Å²) in [5, 5.41) is 8.92. The van der Waals surface area contributed by atoms with Gasteiger partial charge in [0.15, 0.2) is 0 Å². The Labute approximate surface area is 118 Å². The van der Waals surface area contributed by atoms with Gasteiger partial charge in [-0.2, -0.15) is 26.3 Å². The molecule has 0 radical (unpaired) electrons. The van der Waals surface area contributed by atoms with E-state index >= 15 is 0 Å². The van der Waals surface area contributed by atoms with Gasteiger partial charge in [-0.25, -0.2) is 4.79 Å². The number of rotatable bonds is 5. The lowest BCUT2D eigenvalue weighted by Crippen LogP contribution is -2.32. The van der Waals surface area contributed by atoms with Crippen LogP contribution in [0.1, 0.15) is 28.8 Å². The molecule has 0 bridgehead atoms. The van der Waals surface area contributed by atoms with Crippen LogP contribution < -0.4 is 9.44 Å². The van der Waals surface area contributed by atoms with E-state index < -0.39 is 39.2 Å². The Morgan fingerprint density at radius 2 is 1.90 bits per heavy atom. The molecule has 2 rings (SSSR count). The van der Waals surface area contributed by atoms with Crippen LogP contribution in [0.3, 0.4) is 0 Å². The first-order valence-electron chi connectivity index (χ1n) is 5.83. The molecular formula is C11H11F3N2O4S. The second-order valence-electron chi connectivity index (χ2n) is 4.56. The van der Waals surface area contributed by atoms with Crippen LogP contribution >= 0.6 is 0 Å². The summed E-state index contributed by atoms with van der Waals surface area (Å²) < 4.78 is 65.1. The molecule has 6 nitrogen and oxygen atoms in total. The molecule has 1 aliphatic carbocycles. The zero-order valence-corrected chi connectivity index (χ0v) is 11.3. The quantitative estimate of drug-likeness (QED) is 0.770. The summed E-state index contributed by atoms with van der Waals surface area (Å²) >= 11 is 0. The van der Waals surface area contributed by atoms with Crippen molar-refractivity contribution in [3.05, 3.63) is 29.3 Å². The fourth-order valence-electron chi connectivity index (χ4n) is 1.58. The van der Waals surface area contributed by atoms with Crippen molar-refractivity contribution in [2.45, 2.75) is 25.1 Å². The molecule has 0 amide bonds. The Hall–Kier alpha value is -1.81. The average Bonchev–Trinajstić information content (AvgIpc) is 3.10. The maximum absolute atomic E-state index is 12.5. The fraction of sp³-hybridized carbons (Fsp3) is 0.364. The molecule has 1 fully saturated rings. The summed E-state index contributed by atoms with van der Waals surface area (Å²) in [5.74, 6) is -1.66. The minimum absolute atomic E-state index is 0.217. The van der Waals surface area contributed by atoms with E-state index in [0.717, 1.165) is 6.07 Å². The third-order valence-electron chi connectivity index (χ3n) is 2.72. The van der Waals surface area contributed by atoms with Crippen LogP contribution in [0.2, 0.25) is 0 Å². The highest BCUT2D eigenvalue weighted by Crippen LogP contribution is 2.32. The van der Waals surface area contributed by atoms with Gasteiger partial charge >= 0.3 is 12.1 Å². The first-order valence-corrected chi connectivity index (χ1v) is 7.31. The van der Waals surface area contributed by atoms with E-state index in [1.54, 1.807) is 0 Å². The van der Waals surface area contributed by atoms with Crippen molar-refractivity contribution in [1.29, 1.82) is 0 Å². The van der Waals surface area contributed by atoms with Gasteiger partial charge in [-0.3, -0.25) is 4.72 Å². The molecule has 0 heterocycles. The smallest absolute Gasteiger partial charge is 0.416 e. The van der Waals surface area contributed by atoms with Gasteiger partial charge in [0.25, 0.3) is 10.2 Å². The number of carboxylic acid groups (broad SMARTS) is 1. The Kier molecular flexibility index (Phi) is 3.85. The molecule has 0 aliphatic heterocycles. The van der Waals surface area contributed by atoms with Gasteiger partial charge < -0.3 is 5.11 Å². The van der Waals surface area contributed by atoms with E-state index in [-0.39, 0.29) is 6.04 Å². The van der Waals surface area contributed by atoms with E-state index in [9.17, 15) is 26.4 Å². The van der Waals surface area contributed by atoms with Crippen LogP contribution in [-0.2, 0) is 16.4 Å². The lowest BCUT2D eigenvalue weighted by atomic mass is 10.1. The van der Waals surface area contributed by atoms with Crippen LogP contribution in [0.4, 0.5) is 18.9 Å². The van der Waals surface area contributed by atoms with Crippen molar-refractivity contribution in [1.82, 2.24) is 4.72 Å². The van der Waals surface area contributed by atoms with Crippen molar-refractivity contribution in [2.75, 3.05) is 4.72 Å². The number of carboxylic acids is 1. The monoisotopic (exact) mass is 324 g/mol. The zero-order chi connectivity index (χ0) is 15.8. The van der Waals surface area contributed by atoms with Crippen molar-refractivity contribution in [3.8, 4) is 0 Å². The number of benzene rings is 1. The minimum Gasteiger partial charge on any atom is -0.478 e. The number of carbonyl (C=O) groups is 1. The number of anilines is 1. The van der Waals surface area contributed by atoms with Crippen molar-refractivity contribution >= 4 is 21.9 Å². The van der Waals surface area contributed by atoms with Crippen LogP contribution in [0.5, 0.6) is 0 Å². The molecule has 0 unspecified atom stereocenters. The third-order valence-corrected chi connectivity index (χ3v) is 3.85. The lowest BCUT2D eigenvalue weighted by Gasteiger charge is -2.13. The van der Waals surface area contributed by atoms with Crippen molar-refractivity contribution in [3.63, 3.8) is 0 Å². The van der Waals surface area contributed by atoms with E-state index in [1.807, 2.05) is 4.72 Å². The van der Waals surface area contributed by atoms with Crippen LogP contribution in [-0.4, -0.2) is 25.5 Å². The summed E-state index contributed by atoms with van der Waals surface area (Å²) in [6.07, 6.45) is -3.38. The predicted octanol–water partition coefficient (Wildman–Crippen LogP) is 1.81. The molecule has 1 aromatic rings. The average molecular weight is 324 g/mol. The summed E-state index contributed by atoms with van der Waals surface area (Å²) in [7, 11) is -4.02. The highest BCUT2D eigenvalue weighted by atomic mass is 32.2. The SMILES string of the molecule is O=C(O)c1cc(C(F)(F)F)ccc1NS(=O)(=O)NC1CC1. The number of nitrogens with one attached hydrogen (secondary N) is 2. The fourth-order valence-corrected chi connectivity index (χ4v) is 2.78. The van der Waals surface area contributed by atoms with Crippen LogP contribution in [0, 0.1) is 0 Å². The predicted molar refractivity (Wildman–Crippen MR) is 67.1 cm³/mol. The van der Waals surface area contributed by atoms with Crippen molar-refractivity contribution < 1.29 is 31.5 Å². The Morgan fingerprint density at radius 3 is 2.38 bits per heavy atom. The van der Waals surface area contributed by atoms with Gasteiger partial charge in [-0.15, -0.1) is 0 Å². The Balaban J connectivity index is 2.32. The van der Waals surface area contributed by atoms with Gasteiger partial charge in [-0.1, -0.05) is 0 Å². The van der Waals surface area contributed by atoms with Gasteiger partial charge in [-0.05, 0) is 31.0 Å². The highest BCUT2D eigenvalue weighted by molar-refractivity contribution is 7.90. The van der Waals surface area contributed by atoms with E-state index in [1.165, 1.54) is 0 Å². The molecular weight excluding hydrogens is 313 g/mol. The van der Waals surface area contributed by atoms with E-state index in [4.69, 9.17) is 5.11 Å². The topological polar surface area (TPSA) is 95.5 Å². The first-order chi connectivity index (χ1) is 9.58. The summed E-state index contributed by atoms with van der Waals surface area (Å²) in [4.78, 5) is 11.0. The van der Waals surface area contributed by atoms with Gasteiger partial charge in [0, 0.05) is 6.04 Å². The summed E-state index contributed by atoms with van der Waals surface area (Å²) in [5.41, 5.74) is -2.37. The zero-order valence-electron chi connectivity index (χ0n) is 10.4. The third kappa shape index (κ3) is 4.08. The summed E-state index contributed by atoms with van der Waals surface area (Å²) in [6, 6.07) is 1.56. The van der Waals surface area contributed by atoms with Gasteiger partial charge in [0.2, 0.25) is 0 Å². The van der Waals surface area contributed by atoms with E-state index in [0.29, 0.717) is 25.0 Å². The van der Waals surface area contributed by atoms with Crippen LogP contribution in [0.25, 0.3) is 0 Å². The Bertz CT molecular complexity index is 669. The molecule has 21 heavy (non-hydrogen) atoms. The standard InChI is InChI=1S/C11H11F3N2O4S/c12-11(13,14)6-1-4-9(8(5-6)10(17)18)16-21(19,20)15-7-2-3-7/h1,4-5,7,15-16H,2-3H2,(H,17,18). The number of hydrogen-bond donors (Lipinski definition) is 3. The molecule has 1 aromatic carbocycles. The lowest BCUT2D eigenvalue weighted by molar-refractivity contribution is -0.137. The number of hydrogen-bond acceptors (Lipinski definition) is 3. The molecule has 1 aliphatic rings. The normalized spacial score (nSPS) is 15.8. The number of aromatic carboxylic acids is 1. The second-order valence-corrected chi connectivity index (χ2v) is 6.01. The highest BCUT2D eigenvalue weighted by Gasteiger charge is 2.33. The molecule has 1 saturated carbocycles. The van der Waals surface area contributed by atoms with Gasteiger partial charge in [0.1, 0.15) is 0 Å². The second kappa shape index (κ2) is 5.19. The van der Waals surface area contributed by atoms with Crippen LogP contribution in [0.15, 0.2) is 18.2 Å². The molecule has 3 N–H and O–H groups in total. The first kappa shape index (κ1) is 15.6. The van der Waals surface area contributed by atoms with Crippen molar-refractivity contribution in [2.24, 2.45) is 0 Å². The molecule has 0 aromatic heterocycles. The molecule has 0 saturated heterocycles. The minimum atomic E-state index is -4.71. The number of halogens is 3. The molecule has 0 atom stereocenters.